The first kappa shape index (κ1) is 58.6. The van der Waals surface area contributed by atoms with Crippen LogP contribution >= 0.6 is 0 Å². The van der Waals surface area contributed by atoms with Gasteiger partial charge in [0.05, 0.1) is 62.6 Å². The topological polar surface area (TPSA) is 391 Å². The number of hydrogen-bond acceptors (Lipinski definition) is 26. The van der Waals surface area contributed by atoms with E-state index < -0.39 is 30.0 Å². The molecule has 26 nitrogen and oxygen atoms in total. The van der Waals surface area contributed by atoms with E-state index in [1.165, 1.54) is 43.9 Å². The summed E-state index contributed by atoms with van der Waals surface area (Å²) in [6, 6.07) is 7.04. The molecule has 0 aliphatic heterocycles. The molecule has 0 saturated carbocycles. The fourth-order valence-corrected chi connectivity index (χ4v) is 7.36. The summed E-state index contributed by atoms with van der Waals surface area (Å²) in [5.41, 5.74) is -0.454. The zero-order valence-electron chi connectivity index (χ0n) is 36.2. The summed E-state index contributed by atoms with van der Waals surface area (Å²) >= 11 is 0. The van der Waals surface area contributed by atoms with Gasteiger partial charge in [-0.2, -0.15) is 29.9 Å². The molecule has 0 bridgehead atoms. The van der Waals surface area contributed by atoms with Crippen LogP contribution in [0.1, 0.15) is 11.1 Å². The van der Waals surface area contributed by atoms with Gasteiger partial charge in [0, 0.05) is 63.7 Å². The number of benzene rings is 2. The molecule has 2 aromatic carbocycles. The summed E-state index contributed by atoms with van der Waals surface area (Å²) in [5.74, 6) is -0.526. The molecule has 0 amide bonds. The van der Waals surface area contributed by atoms with Crippen LogP contribution in [0.2, 0.25) is 0 Å². The third-order valence-corrected chi connectivity index (χ3v) is 10.6. The minimum absolute atomic E-state index is 0. The van der Waals surface area contributed by atoms with E-state index in [1.807, 2.05) is 0 Å². The van der Waals surface area contributed by atoms with Crippen LogP contribution in [0.15, 0.2) is 46.2 Å². The summed E-state index contributed by atoms with van der Waals surface area (Å²) in [6.07, 6.45) is 2.21. The second-order valence-electron chi connectivity index (χ2n) is 13.3. The normalized spacial score (nSPS) is 11.5. The van der Waals surface area contributed by atoms with Crippen molar-refractivity contribution in [1.29, 1.82) is 0 Å². The molecule has 0 radical (unpaired) electrons. The van der Waals surface area contributed by atoms with Crippen LogP contribution in [-0.2, 0) is 20.2 Å². The summed E-state index contributed by atoms with van der Waals surface area (Å²) in [7, 11) is -10.5. The smallest absolute Gasteiger partial charge is 0.744 e. The molecule has 0 saturated heterocycles. The zero-order valence-corrected chi connectivity index (χ0v) is 41.9. The Morgan fingerprint density at radius 1 is 0.439 bits per heavy atom. The van der Waals surface area contributed by atoms with Crippen LogP contribution in [-0.4, -0.2) is 202 Å². The number of aliphatic hydroxyl groups is 8. The van der Waals surface area contributed by atoms with E-state index >= 15 is 0 Å². The van der Waals surface area contributed by atoms with Crippen LogP contribution in [0.3, 0.4) is 0 Å². The first-order valence-corrected chi connectivity index (χ1v) is 22.2. The van der Waals surface area contributed by atoms with E-state index in [9.17, 15) is 66.8 Å². The maximum Gasteiger partial charge on any atom is 1.00 e. The molecule has 4 aromatic rings. The Hall–Kier alpha value is -3.50. The Morgan fingerprint density at radius 2 is 0.682 bits per heavy atom. The van der Waals surface area contributed by atoms with Gasteiger partial charge in [0.2, 0.25) is 35.7 Å². The van der Waals surface area contributed by atoms with Crippen molar-refractivity contribution in [3.63, 3.8) is 0 Å². The molecule has 0 aliphatic rings. The Bertz CT molecular complexity index is 2140. The standard InChI is InChI=1S/C36H52N12O14S2.2Na/c49-15-7-45(8-16-50)33-39-31(40-34(43-33)46(9-17-51)10-18-52)37-27-5-3-25(29(23-27)63(57,58)59)1-2-26-4-6-28(24-30(26)64(60,61)62)38-32-41-35(47(11-19-53)12-20-54)44-36(42-32)48(13-21-55)14-22-56;;/h1-6,23-24,49-56H,7-22H2,(H,57,58,59)(H,60,61,62)(H,37,39,40,43)(H,38,41,42,44);;/q;2*+1/p-2/b2-1+;;. The van der Waals surface area contributed by atoms with E-state index in [0.717, 1.165) is 24.3 Å². The zero-order chi connectivity index (χ0) is 46.9. The van der Waals surface area contributed by atoms with Crippen molar-refractivity contribution in [2.45, 2.75) is 9.79 Å². The Morgan fingerprint density at radius 3 is 0.894 bits per heavy atom. The quantitative estimate of drug-likeness (QED) is 0.0143. The van der Waals surface area contributed by atoms with Crippen molar-refractivity contribution in [2.24, 2.45) is 0 Å². The molecule has 0 unspecified atom stereocenters. The molecule has 10 N–H and O–H groups in total. The van der Waals surface area contributed by atoms with Crippen LogP contribution in [0.4, 0.5) is 47.1 Å². The van der Waals surface area contributed by atoms with Crippen LogP contribution in [0.5, 0.6) is 0 Å². The van der Waals surface area contributed by atoms with Crippen molar-refractivity contribution in [2.75, 3.05) is 135 Å². The summed E-state index contributed by atoms with van der Waals surface area (Å²) in [4.78, 5) is 30.1. The number of aliphatic hydroxyl groups excluding tert-OH is 8. The molecule has 0 aliphatic carbocycles. The van der Waals surface area contributed by atoms with Crippen molar-refractivity contribution >= 4 is 79.5 Å². The third kappa shape index (κ3) is 17.2. The van der Waals surface area contributed by atoms with E-state index in [4.69, 9.17) is 0 Å². The molecule has 352 valence electrons. The van der Waals surface area contributed by atoms with Gasteiger partial charge in [-0.1, -0.05) is 24.3 Å². The second kappa shape index (κ2) is 28.7. The van der Waals surface area contributed by atoms with Crippen LogP contribution in [0.25, 0.3) is 12.2 Å². The van der Waals surface area contributed by atoms with Gasteiger partial charge in [-0.15, -0.1) is 0 Å². The molecule has 66 heavy (non-hydrogen) atoms. The van der Waals surface area contributed by atoms with Gasteiger partial charge < -0.3 is 80.2 Å². The van der Waals surface area contributed by atoms with Gasteiger partial charge >= 0.3 is 59.1 Å². The molecule has 4 rings (SSSR count). The molecule has 2 aromatic heterocycles. The van der Waals surface area contributed by atoms with Crippen molar-refractivity contribution in [3.05, 3.63) is 47.5 Å². The van der Waals surface area contributed by atoms with Crippen molar-refractivity contribution in [1.82, 2.24) is 29.9 Å². The molecule has 0 fully saturated rings. The molecule has 30 heteroatoms. The number of aromatic nitrogens is 6. The van der Waals surface area contributed by atoms with Gasteiger partial charge in [-0.25, -0.2) is 16.8 Å². The largest absolute Gasteiger partial charge is 1.00 e. The van der Waals surface area contributed by atoms with E-state index in [2.05, 4.69) is 40.5 Å². The fourth-order valence-electron chi connectivity index (χ4n) is 5.97. The third-order valence-electron chi connectivity index (χ3n) is 8.83. The number of nitrogens with one attached hydrogen (secondary N) is 2. The molecule has 2 heterocycles. The monoisotopic (exact) mass is 984 g/mol. The van der Waals surface area contributed by atoms with E-state index in [0.29, 0.717) is 0 Å². The molecule has 0 spiro atoms. The maximum absolute atomic E-state index is 12.6. The average Bonchev–Trinajstić information content (AvgIpc) is 3.25. The van der Waals surface area contributed by atoms with Crippen LogP contribution in [0, 0.1) is 0 Å². The first-order valence-electron chi connectivity index (χ1n) is 19.4. The molecule has 0 atom stereocenters. The molecular weight excluding hydrogens is 935 g/mol. The number of nitrogens with zero attached hydrogens (tertiary/aromatic N) is 10. The van der Waals surface area contributed by atoms with E-state index in [-0.39, 0.29) is 223 Å². The van der Waals surface area contributed by atoms with E-state index in [1.54, 1.807) is 0 Å². The molecular formula is C36H50N12Na2O14S2. The fraction of sp³-hybridized carbons (Fsp3) is 0.444. The summed E-state index contributed by atoms with van der Waals surface area (Å²) in [6.45, 7) is -2.81. The van der Waals surface area contributed by atoms with Gasteiger partial charge in [0.25, 0.3) is 0 Å². The average molecular weight is 985 g/mol. The van der Waals surface area contributed by atoms with Crippen molar-refractivity contribution in [3.8, 4) is 0 Å². The van der Waals surface area contributed by atoms with Gasteiger partial charge in [-0.05, 0) is 35.4 Å². The Kier molecular flexibility index (Phi) is 25.5. The maximum atomic E-state index is 12.6. The second-order valence-corrected chi connectivity index (χ2v) is 15.9. The van der Waals surface area contributed by atoms with Gasteiger partial charge in [0.1, 0.15) is 20.2 Å². The SMILES string of the molecule is O=S(=O)([O-])c1cc(Nc2nc(N(CCO)CCO)nc(N(CCO)CCO)n2)ccc1/C=C/c1ccc(Nc2nc(N(CCO)CCO)nc(N(CCO)CCO)n2)cc1S(=O)(=O)[O-].[Na+].[Na+]. The Labute approximate surface area is 424 Å². The Balaban J connectivity index is 0.00000748. The predicted octanol–water partition coefficient (Wildman–Crippen LogP) is -9.31. The van der Waals surface area contributed by atoms with Gasteiger partial charge in [0.15, 0.2) is 0 Å². The summed E-state index contributed by atoms with van der Waals surface area (Å²) < 4.78 is 75.4. The minimum atomic E-state index is -5.23. The number of hydrogen-bond donors (Lipinski definition) is 10. The minimum Gasteiger partial charge on any atom is -0.744 e. The van der Waals surface area contributed by atoms with Gasteiger partial charge in [-0.3, -0.25) is 0 Å². The van der Waals surface area contributed by atoms with Crippen molar-refractivity contribution < 1.29 is 126 Å². The number of rotatable bonds is 28. The van der Waals surface area contributed by atoms with Crippen LogP contribution < -0.4 is 89.3 Å². The number of anilines is 8. The first-order chi connectivity index (χ1) is 30.6. The predicted molar refractivity (Wildman–Crippen MR) is 229 cm³/mol. The summed E-state index contributed by atoms with van der Waals surface area (Å²) in [5, 5.41) is 82.3.